The number of carbonyl (C=O) groups excluding carboxylic acids is 2. The standard InChI is InChI=1S/C26H35FN4O2/c1-4-30(5-2)17-14-28-25(32)22-18-20(29-26(33)21-8-6-7-9-23(21)27)10-11-24(22)31-15-12-19(3)13-16-31/h6-11,18-19H,4-5,12-17H2,1-3H3,(H,28,32)(H,29,33). The number of likely N-dealkylation sites (N-methyl/N-ethyl adjacent to an activating group) is 1. The van der Waals surface area contributed by atoms with Gasteiger partial charge in [-0.05, 0) is 62.2 Å². The van der Waals surface area contributed by atoms with Crippen LogP contribution in [-0.2, 0) is 0 Å². The highest BCUT2D eigenvalue weighted by Crippen LogP contribution is 2.29. The number of hydrogen-bond acceptors (Lipinski definition) is 4. The minimum atomic E-state index is -0.580. The van der Waals surface area contributed by atoms with Gasteiger partial charge in [-0.3, -0.25) is 9.59 Å². The lowest BCUT2D eigenvalue weighted by Crippen LogP contribution is -2.37. The number of rotatable bonds is 9. The van der Waals surface area contributed by atoms with E-state index >= 15 is 0 Å². The molecule has 0 aliphatic carbocycles. The normalized spacial score (nSPS) is 14.4. The zero-order chi connectivity index (χ0) is 23.8. The molecule has 3 rings (SSSR count). The van der Waals surface area contributed by atoms with E-state index in [9.17, 15) is 14.0 Å². The average Bonchev–Trinajstić information content (AvgIpc) is 2.82. The van der Waals surface area contributed by atoms with Gasteiger partial charge >= 0.3 is 0 Å². The molecule has 0 radical (unpaired) electrons. The van der Waals surface area contributed by atoms with Crippen molar-refractivity contribution in [3.63, 3.8) is 0 Å². The third-order valence-electron chi connectivity index (χ3n) is 6.35. The van der Waals surface area contributed by atoms with Crippen LogP contribution < -0.4 is 15.5 Å². The predicted molar refractivity (Wildman–Crippen MR) is 132 cm³/mol. The Balaban J connectivity index is 1.81. The molecule has 7 heteroatoms. The van der Waals surface area contributed by atoms with Crippen molar-refractivity contribution < 1.29 is 14.0 Å². The van der Waals surface area contributed by atoms with Gasteiger partial charge in [-0.15, -0.1) is 0 Å². The lowest BCUT2D eigenvalue weighted by atomic mass is 9.97. The summed E-state index contributed by atoms with van der Waals surface area (Å²) in [6, 6.07) is 11.2. The molecule has 1 saturated heterocycles. The molecule has 0 aromatic heterocycles. The molecule has 0 saturated carbocycles. The van der Waals surface area contributed by atoms with E-state index < -0.39 is 11.7 Å². The van der Waals surface area contributed by atoms with Gasteiger partial charge in [-0.1, -0.05) is 32.9 Å². The third kappa shape index (κ3) is 6.54. The number of nitrogens with one attached hydrogen (secondary N) is 2. The first-order chi connectivity index (χ1) is 15.9. The maximum atomic E-state index is 14.0. The largest absolute Gasteiger partial charge is 0.371 e. The maximum absolute atomic E-state index is 14.0. The molecule has 0 spiro atoms. The number of piperidine rings is 1. The lowest BCUT2D eigenvalue weighted by molar-refractivity contribution is 0.0947. The van der Waals surface area contributed by atoms with Crippen LogP contribution in [0.3, 0.4) is 0 Å². The van der Waals surface area contributed by atoms with Gasteiger partial charge in [0.2, 0.25) is 0 Å². The van der Waals surface area contributed by atoms with Crippen molar-refractivity contribution in [2.75, 3.05) is 49.5 Å². The van der Waals surface area contributed by atoms with Gasteiger partial charge in [-0.25, -0.2) is 4.39 Å². The molecule has 2 amide bonds. The number of benzene rings is 2. The third-order valence-corrected chi connectivity index (χ3v) is 6.35. The summed E-state index contributed by atoms with van der Waals surface area (Å²) in [6.45, 7) is 11.4. The number of nitrogens with zero attached hydrogens (tertiary/aromatic N) is 2. The molecule has 2 aromatic rings. The minimum absolute atomic E-state index is 0.0307. The highest BCUT2D eigenvalue weighted by atomic mass is 19.1. The van der Waals surface area contributed by atoms with Gasteiger partial charge in [0.15, 0.2) is 0 Å². The predicted octanol–water partition coefficient (Wildman–Crippen LogP) is 4.39. The Morgan fingerprint density at radius 1 is 1.03 bits per heavy atom. The molecule has 2 N–H and O–H groups in total. The van der Waals surface area contributed by atoms with Crippen molar-refractivity contribution in [1.29, 1.82) is 0 Å². The highest BCUT2D eigenvalue weighted by molar-refractivity contribution is 6.06. The van der Waals surface area contributed by atoms with Crippen molar-refractivity contribution in [2.24, 2.45) is 5.92 Å². The van der Waals surface area contributed by atoms with Crippen LogP contribution in [0.2, 0.25) is 0 Å². The number of anilines is 2. The van der Waals surface area contributed by atoms with E-state index in [0.29, 0.717) is 23.7 Å². The smallest absolute Gasteiger partial charge is 0.258 e. The molecular formula is C26H35FN4O2. The summed E-state index contributed by atoms with van der Waals surface area (Å²) in [5.41, 5.74) is 1.82. The fourth-order valence-electron chi connectivity index (χ4n) is 4.13. The minimum Gasteiger partial charge on any atom is -0.371 e. The first-order valence-corrected chi connectivity index (χ1v) is 11.9. The molecule has 1 heterocycles. The molecule has 0 atom stereocenters. The second-order valence-electron chi connectivity index (χ2n) is 8.62. The second kappa shape index (κ2) is 11.8. The number of halogens is 1. The Hall–Kier alpha value is -2.93. The van der Waals surface area contributed by atoms with Gasteiger partial charge < -0.3 is 20.4 Å². The summed E-state index contributed by atoms with van der Waals surface area (Å²) < 4.78 is 14.0. The summed E-state index contributed by atoms with van der Waals surface area (Å²) >= 11 is 0. The monoisotopic (exact) mass is 454 g/mol. The van der Waals surface area contributed by atoms with Gasteiger partial charge in [0.25, 0.3) is 11.8 Å². The van der Waals surface area contributed by atoms with E-state index in [2.05, 4.69) is 41.2 Å². The van der Waals surface area contributed by atoms with Crippen LogP contribution in [-0.4, -0.2) is 56.0 Å². The first-order valence-electron chi connectivity index (χ1n) is 11.9. The Morgan fingerprint density at radius 2 is 1.73 bits per heavy atom. The highest BCUT2D eigenvalue weighted by Gasteiger charge is 2.22. The SMILES string of the molecule is CCN(CC)CCNC(=O)c1cc(NC(=O)c2ccccc2F)ccc1N1CCC(C)CC1. The lowest BCUT2D eigenvalue weighted by Gasteiger charge is -2.33. The number of hydrogen-bond donors (Lipinski definition) is 2. The molecule has 2 aromatic carbocycles. The van der Waals surface area contributed by atoms with Crippen LogP contribution in [0, 0.1) is 11.7 Å². The van der Waals surface area contributed by atoms with Crippen LogP contribution in [0.15, 0.2) is 42.5 Å². The molecule has 178 valence electrons. The van der Waals surface area contributed by atoms with Crippen LogP contribution in [0.1, 0.15) is 54.3 Å². The van der Waals surface area contributed by atoms with E-state index in [0.717, 1.165) is 51.3 Å². The molecule has 6 nitrogen and oxygen atoms in total. The van der Waals surface area contributed by atoms with E-state index in [1.807, 2.05) is 6.07 Å². The van der Waals surface area contributed by atoms with Gasteiger partial charge in [0, 0.05) is 37.6 Å². The van der Waals surface area contributed by atoms with Crippen molar-refractivity contribution in [3.05, 3.63) is 59.4 Å². The Labute approximate surface area is 196 Å². The zero-order valence-corrected chi connectivity index (χ0v) is 19.9. The Bertz CT molecular complexity index is 953. The maximum Gasteiger partial charge on any atom is 0.258 e. The zero-order valence-electron chi connectivity index (χ0n) is 19.9. The fourth-order valence-corrected chi connectivity index (χ4v) is 4.13. The molecular weight excluding hydrogens is 419 g/mol. The van der Waals surface area contributed by atoms with Crippen LogP contribution >= 0.6 is 0 Å². The summed E-state index contributed by atoms with van der Waals surface area (Å²) in [4.78, 5) is 30.2. The van der Waals surface area contributed by atoms with Crippen molar-refractivity contribution >= 4 is 23.2 Å². The Kier molecular flexibility index (Phi) is 8.83. The summed E-state index contributed by atoms with van der Waals surface area (Å²) in [5, 5.41) is 5.77. The fraction of sp³-hybridized carbons (Fsp3) is 0.462. The van der Waals surface area contributed by atoms with E-state index in [4.69, 9.17) is 0 Å². The van der Waals surface area contributed by atoms with Gasteiger partial charge in [0.1, 0.15) is 5.82 Å². The topological polar surface area (TPSA) is 64.7 Å². The van der Waals surface area contributed by atoms with Crippen molar-refractivity contribution in [3.8, 4) is 0 Å². The van der Waals surface area contributed by atoms with Gasteiger partial charge in [0.05, 0.1) is 11.1 Å². The molecule has 0 bridgehead atoms. The van der Waals surface area contributed by atoms with E-state index in [-0.39, 0.29) is 11.5 Å². The molecule has 1 fully saturated rings. The number of amides is 2. The Morgan fingerprint density at radius 3 is 2.39 bits per heavy atom. The van der Waals surface area contributed by atoms with Crippen molar-refractivity contribution in [1.82, 2.24) is 10.2 Å². The van der Waals surface area contributed by atoms with Crippen molar-refractivity contribution in [2.45, 2.75) is 33.6 Å². The summed E-state index contributed by atoms with van der Waals surface area (Å²) in [6.07, 6.45) is 2.16. The van der Waals surface area contributed by atoms with Crippen LogP contribution in [0.5, 0.6) is 0 Å². The molecule has 33 heavy (non-hydrogen) atoms. The van der Waals surface area contributed by atoms with Crippen LogP contribution in [0.25, 0.3) is 0 Å². The van der Waals surface area contributed by atoms with E-state index in [1.54, 1.807) is 24.3 Å². The first kappa shape index (κ1) is 24.7. The van der Waals surface area contributed by atoms with E-state index in [1.165, 1.54) is 12.1 Å². The summed E-state index contributed by atoms with van der Waals surface area (Å²) in [5.74, 6) is -0.617. The van der Waals surface area contributed by atoms with Crippen LogP contribution in [0.4, 0.5) is 15.8 Å². The molecule has 1 aliphatic heterocycles. The summed E-state index contributed by atoms with van der Waals surface area (Å²) in [7, 11) is 0. The van der Waals surface area contributed by atoms with Gasteiger partial charge in [-0.2, -0.15) is 0 Å². The number of carbonyl (C=O) groups is 2. The molecule has 1 aliphatic rings. The second-order valence-corrected chi connectivity index (χ2v) is 8.62. The average molecular weight is 455 g/mol. The molecule has 0 unspecified atom stereocenters. The quantitative estimate of drug-likeness (QED) is 0.590.